The highest BCUT2D eigenvalue weighted by Crippen LogP contribution is 2.41. The van der Waals surface area contributed by atoms with E-state index < -0.39 is 0 Å². The molecule has 13 heavy (non-hydrogen) atoms. The number of fused-ring (bicyclic) bond motifs is 1. The summed E-state index contributed by atoms with van der Waals surface area (Å²) in [5.74, 6) is 0.718. The zero-order valence-corrected chi connectivity index (χ0v) is 7.74. The van der Waals surface area contributed by atoms with Crippen molar-refractivity contribution in [1.82, 2.24) is 0 Å². The van der Waals surface area contributed by atoms with Crippen LogP contribution in [0.25, 0.3) is 4.98 Å². The SMILES string of the molecule is CC1(C)Cc2cccc([N+]#N)c2O1. The van der Waals surface area contributed by atoms with Gasteiger partial charge >= 0.3 is 5.69 Å². The molecule has 0 saturated heterocycles. The largest absolute Gasteiger partial charge is 0.479 e. The van der Waals surface area contributed by atoms with Crippen molar-refractivity contribution in [2.75, 3.05) is 0 Å². The molecule has 0 saturated carbocycles. The summed E-state index contributed by atoms with van der Waals surface area (Å²) in [6.45, 7) is 4.04. The molecule has 0 spiro atoms. The van der Waals surface area contributed by atoms with Gasteiger partial charge in [-0.2, -0.15) is 0 Å². The van der Waals surface area contributed by atoms with Gasteiger partial charge in [-0.15, -0.1) is 0 Å². The normalized spacial score (nSPS) is 17.3. The van der Waals surface area contributed by atoms with Gasteiger partial charge in [0.2, 0.25) is 11.1 Å². The van der Waals surface area contributed by atoms with Crippen LogP contribution in [0.5, 0.6) is 5.75 Å². The Labute approximate surface area is 77.0 Å². The summed E-state index contributed by atoms with van der Waals surface area (Å²) in [4.78, 5) is 3.18. The van der Waals surface area contributed by atoms with Gasteiger partial charge in [0.25, 0.3) is 0 Å². The van der Waals surface area contributed by atoms with Crippen LogP contribution >= 0.6 is 0 Å². The maximum Gasteiger partial charge on any atom is 0.426 e. The van der Waals surface area contributed by atoms with Crippen molar-refractivity contribution in [3.8, 4) is 5.75 Å². The van der Waals surface area contributed by atoms with Gasteiger partial charge in [0.05, 0.1) is 0 Å². The van der Waals surface area contributed by atoms with Crippen LogP contribution in [0.2, 0.25) is 0 Å². The number of nitrogens with zero attached hydrogens (tertiary/aromatic N) is 2. The zero-order valence-electron chi connectivity index (χ0n) is 7.74. The lowest BCUT2D eigenvalue weighted by Crippen LogP contribution is -2.24. The van der Waals surface area contributed by atoms with E-state index in [0.717, 1.165) is 17.7 Å². The Kier molecular flexibility index (Phi) is 1.53. The number of hydrogen-bond acceptors (Lipinski definition) is 2. The van der Waals surface area contributed by atoms with Crippen molar-refractivity contribution in [1.29, 1.82) is 5.39 Å². The van der Waals surface area contributed by atoms with Gasteiger partial charge in [-0.1, -0.05) is 12.1 Å². The molecule has 1 aromatic carbocycles. The highest BCUT2D eigenvalue weighted by Gasteiger charge is 2.35. The Hall–Kier alpha value is -1.56. The molecule has 0 amide bonds. The van der Waals surface area contributed by atoms with Gasteiger partial charge in [0.1, 0.15) is 5.60 Å². The van der Waals surface area contributed by atoms with Crippen LogP contribution in [0.15, 0.2) is 18.2 Å². The standard InChI is InChI=1S/C10H11N2O/c1-10(2)6-7-4-3-5-8(12-11)9(7)13-10/h3-5H,6H2,1-2H3/q+1. The molecule has 3 nitrogen and oxygen atoms in total. The van der Waals surface area contributed by atoms with Gasteiger partial charge in [-0.25, -0.2) is 0 Å². The van der Waals surface area contributed by atoms with E-state index in [9.17, 15) is 0 Å². The first kappa shape index (κ1) is 8.06. The molecule has 1 heterocycles. The lowest BCUT2D eigenvalue weighted by atomic mass is 10.0. The van der Waals surface area contributed by atoms with E-state index in [4.69, 9.17) is 10.1 Å². The summed E-state index contributed by atoms with van der Waals surface area (Å²) in [5.41, 5.74) is 1.45. The van der Waals surface area contributed by atoms with Crippen LogP contribution < -0.4 is 4.74 Å². The van der Waals surface area contributed by atoms with E-state index in [0.29, 0.717) is 5.69 Å². The highest BCUT2D eigenvalue weighted by molar-refractivity contribution is 5.62. The van der Waals surface area contributed by atoms with Crippen LogP contribution in [0.3, 0.4) is 0 Å². The molecule has 3 heteroatoms. The molecule has 0 aromatic heterocycles. The zero-order chi connectivity index (χ0) is 9.47. The third-order valence-corrected chi connectivity index (χ3v) is 2.18. The van der Waals surface area contributed by atoms with Crippen LogP contribution in [0.1, 0.15) is 19.4 Å². The molecule has 66 valence electrons. The molecule has 0 radical (unpaired) electrons. The first-order valence-corrected chi connectivity index (χ1v) is 4.28. The minimum Gasteiger partial charge on any atom is -0.479 e. The van der Waals surface area contributed by atoms with E-state index in [-0.39, 0.29) is 5.60 Å². The van der Waals surface area contributed by atoms with Crippen molar-refractivity contribution in [3.05, 3.63) is 28.7 Å². The van der Waals surface area contributed by atoms with Crippen molar-refractivity contribution < 1.29 is 4.74 Å². The average Bonchev–Trinajstić information content (AvgIpc) is 2.37. The second kappa shape index (κ2) is 2.46. The lowest BCUT2D eigenvalue weighted by molar-refractivity contribution is 0.139. The van der Waals surface area contributed by atoms with Crippen LogP contribution in [-0.4, -0.2) is 5.60 Å². The lowest BCUT2D eigenvalue weighted by Gasteiger charge is -2.15. The Bertz CT molecular complexity index is 390. The Morgan fingerprint density at radius 1 is 1.46 bits per heavy atom. The predicted molar refractivity (Wildman–Crippen MR) is 49.6 cm³/mol. The van der Waals surface area contributed by atoms with Gasteiger partial charge in [-0.05, 0) is 13.8 Å². The summed E-state index contributed by atoms with van der Waals surface area (Å²) in [7, 11) is 0. The van der Waals surface area contributed by atoms with E-state index in [1.165, 1.54) is 0 Å². The molecule has 0 unspecified atom stereocenters. The van der Waals surface area contributed by atoms with E-state index in [2.05, 4.69) is 4.98 Å². The van der Waals surface area contributed by atoms with Crippen molar-refractivity contribution in [2.24, 2.45) is 0 Å². The summed E-state index contributed by atoms with van der Waals surface area (Å²) in [5, 5.41) is 8.72. The summed E-state index contributed by atoms with van der Waals surface area (Å²) in [6.07, 6.45) is 0.867. The fourth-order valence-electron chi connectivity index (χ4n) is 1.68. The Morgan fingerprint density at radius 2 is 2.23 bits per heavy atom. The monoisotopic (exact) mass is 175 g/mol. The first-order chi connectivity index (χ1) is 6.12. The van der Waals surface area contributed by atoms with E-state index in [1.54, 1.807) is 6.07 Å². The Balaban J connectivity index is 2.53. The van der Waals surface area contributed by atoms with Crippen molar-refractivity contribution in [3.63, 3.8) is 0 Å². The maximum absolute atomic E-state index is 8.72. The third kappa shape index (κ3) is 1.25. The van der Waals surface area contributed by atoms with Gasteiger partial charge < -0.3 is 4.74 Å². The molecule has 1 aliphatic rings. The van der Waals surface area contributed by atoms with Crippen molar-refractivity contribution >= 4 is 5.69 Å². The molecule has 0 fully saturated rings. The minimum absolute atomic E-state index is 0.177. The molecular weight excluding hydrogens is 164 g/mol. The van der Waals surface area contributed by atoms with Gasteiger partial charge in [0, 0.05) is 18.1 Å². The second-order valence-corrected chi connectivity index (χ2v) is 3.90. The molecule has 1 aliphatic heterocycles. The smallest absolute Gasteiger partial charge is 0.426 e. The van der Waals surface area contributed by atoms with Gasteiger partial charge in [0.15, 0.2) is 4.98 Å². The molecule has 2 rings (SSSR count). The molecular formula is C10H11N2O+. The number of diazo groups is 1. The number of ether oxygens (including phenoxy) is 1. The summed E-state index contributed by atoms with van der Waals surface area (Å²) in [6, 6.07) is 5.61. The molecule has 0 aliphatic carbocycles. The Morgan fingerprint density at radius 3 is 2.92 bits per heavy atom. The number of benzene rings is 1. The number of hydrogen-bond donors (Lipinski definition) is 0. The average molecular weight is 175 g/mol. The minimum atomic E-state index is -0.177. The summed E-state index contributed by atoms with van der Waals surface area (Å²) < 4.78 is 5.66. The second-order valence-electron chi connectivity index (χ2n) is 3.90. The quantitative estimate of drug-likeness (QED) is 0.568. The fourth-order valence-corrected chi connectivity index (χ4v) is 1.68. The topological polar surface area (TPSA) is 37.4 Å². The predicted octanol–water partition coefficient (Wildman–Crippen LogP) is 2.88. The van der Waals surface area contributed by atoms with Crippen LogP contribution in [0, 0.1) is 5.39 Å². The van der Waals surface area contributed by atoms with E-state index in [1.807, 2.05) is 26.0 Å². The van der Waals surface area contributed by atoms with Crippen LogP contribution in [0.4, 0.5) is 5.69 Å². The fraction of sp³-hybridized carbons (Fsp3) is 0.400. The first-order valence-electron chi connectivity index (χ1n) is 4.28. The van der Waals surface area contributed by atoms with Gasteiger partial charge in [-0.3, -0.25) is 0 Å². The van der Waals surface area contributed by atoms with Crippen LogP contribution in [-0.2, 0) is 6.42 Å². The highest BCUT2D eigenvalue weighted by atomic mass is 16.5. The molecule has 0 atom stereocenters. The maximum atomic E-state index is 8.72. The number of rotatable bonds is 0. The molecule has 1 aromatic rings. The molecule has 0 bridgehead atoms. The molecule has 0 N–H and O–H groups in total. The number of para-hydroxylation sites is 1. The third-order valence-electron chi connectivity index (χ3n) is 2.18. The van der Waals surface area contributed by atoms with E-state index >= 15 is 0 Å². The van der Waals surface area contributed by atoms with Crippen molar-refractivity contribution in [2.45, 2.75) is 25.9 Å². The summed E-state index contributed by atoms with van der Waals surface area (Å²) >= 11 is 0.